The number of carbonyl (C=O) groups is 3. The molecule has 3 rings (SSSR count). The quantitative estimate of drug-likeness (QED) is 0.732. The number of hydrogen-bond donors (Lipinski definition) is 2. The van der Waals surface area contributed by atoms with E-state index in [2.05, 4.69) is 24.5 Å². The second kappa shape index (κ2) is 9.07. The van der Waals surface area contributed by atoms with Crippen molar-refractivity contribution in [2.24, 2.45) is 17.8 Å². The van der Waals surface area contributed by atoms with E-state index in [1.807, 2.05) is 23.3 Å². The zero-order chi connectivity index (χ0) is 20.3. The normalized spacial score (nSPS) is 19.9. The highest BCUT2D eigenvalue weighted by Crippen LogP contribution is 2.33. The van der Waals surface area contributed by atoms with E-state index in [0.29, 0.717) is 23.9 Å². The number of rotatable bonds is 7. The van der Waals surface area contributed by atoms with Gasteiger partial charge in [-0.15, -0.1) is 11.3 Å². The number of nitrogens with zero attached hydrogens (tertiary/aromatic N) is 1. The van der Waals surface area contributed by atoms with Gasteiger partial charge in [0.05, 0.1) is 4.88 Å². The maximum atomic E-state index is 13.0. The van der Waals surface area contributed by atoms with Crippen molar-refractivity contribution < 1.29 is 14.4 Å². The monoisotopic (exact) mass is 405 g/mol. The van der Waals surface area contributed by atoms with Crippen molar-refractivity contribution in [3.63, 3.8) is 0 Å². The predicted molar refractivity (Wildman–Crippen MR) is 110 cm³/mol. The molecule has 1 aliphatic carbocycles. The fourth-order valence-electron chi connectivity index (χ4n) is 3.54. The minimum absolute atomic E-state index is 0.0326. The zero-order valence-electron chi connectivity index (χ0n) is 16.9. The number of nitrogens with one attached hydrogen (secondary N) is 2. The minimum Gasteiger partial charge on any atom is -0.352 e. The Balaban J connectivity index is 1.65. The summed E-state index contributed by atoms with van der Waals surface area (Å²) in [6, 6.07) is 3.05. The molecule has 2 fully saturated rings. The van der Waals surface area contributed by atoms with Crippen molar-refractivity contribution in [2.45, 2.75) is 58.5 Å². The van der Waals surface area contributed by atoms with Gasteiger partial charge in [-0.25, -0.2) is 0 Å². The van der Waals surface area contributed by atoms with Crippen LogP contribution in [0.15, 0.2) is 17.5 Å². The average molecular weight is 406 g/mol. The van der Waals surface area contributed by atoms with Crippen LogP contribution >= 0.6 is 11.3 Å². The van der Waals surface area contributed by atoms with Crippen molar-refractivity contribution in [2.75, 3.05) is 13.1 Å². The maximum absolute atomic E-state index is 13.0. The predicted octanol–water partition coefficient (Wildman–Crippen LogP) is 2.66. The first kappa shape index (κ1) is 20.8. The van der Waals surface area contributed by atoms with Gasteiger partial charge in [-0.05, 0) is 55.9 Å². The van der Waals surface area contributed by atoms with Crippen LogP contribution in [0.1, 0.15) is 56.1 Å². The molecule has 1 aromatic rings. The first-order valence-electron chi connectivity index (χ1n) is 10.3. The number of piperidine rings is 1. The standard InChI is InChI=1S/C21H31N3O3S/c1-13(2)14(3)22-20(26)18(23-19(25)17-5-4-12-28-17)15-8-10-24(11-9-15)21(27)16-6-7-16/h4-5,12-16,18H,6-11H2,1-3H3,(H,22,26)(H,23,25). The summed E-state index contributed by atoms with van der Waals surface area (Å²) in [5.74, 6) is 0.501. The molecule has 1 aliphatic heterocycles. The fourth-order valence-corrected chi connectivity index (χ4v) is 4.17. The van der Waals surface area contributed by atoms with E-state index in [9.17, 15) is 14.4 Å². The molecule has 2 atom stereocenters. The highest BCUT2D eigenvalue weighted by Gasteiger charge is 2.38. The lowest BCUT2D eigenvalue weighted by Gasteiger charge is -2.36. The molecule has 1 aromatic heterocycles. The molecule has 154 valence electrons. The van der Waals surface area contributed by atoms with E-state index < -0.39 is 6.04 Å². The summed E-state index contributed by atoms with van der Waals surface area (Å²) in [6.07, 6.45) is 3.48. The molecular weight excluding hydrogens is 374 g/mol. The van der Waals surface area contributed by atoms with Crippen LogP contribution in [-0.2, 0) is 9.59 Å². The van der Waals surface area contributed by atoms with Crippen LogP contribution in [0.4, 0.5) is 0 Å². The van der Waals surface area contributed by atoms with E-state index >= 15 is 0 Å². The summed E-state index contributed by atoms with van der Waals surface area (Å²) >= 11 is 1.37. The smallest absolute Gasteiger partial charge is 0.262 e. The van der Waals surface area contributed by atoms with Gasteiger partial charge in [0.2, 0.25) is 11.8 Å². The van der Waals surface area contributed by atoms with Crippen LogP contribution in [0.5, 0.6) is 0 Å². The minimum atomic E-state index is -0.575. The summed E-state index contributed by atoms with van der Waals surface area (Å²) in [5, 5.41) is 7.88. The van der Waals surface area contributed by atoms with Gasteiger partial charge in [-0.3, -0.25) is 14.4 Å². The van der Waals surface area contributed by atoms with E-state index in [4.69, 9.17) is 0 Å². The van der Waals surface area contributed by atoms with Crippen LogP contribution < -0.4 is 10.6 Å². The molecule has 0 spiro atoms. The van der Waals surface area contributed by atoms with Gasteiger partial charge in [0.15, 0.2) is 0 Å². The van der Waals surface area contributed by atoms with Gasteiger partial charge in [-0.2, -0.15) is 0 Å². The molecule has 2 heterocycles. The van der Waals surface area contributed by atoms with Crippen molar-refractivity contribution in [1.82, 2.24) is 15.5 Å². The number of carbonyl (C=O) groups excluding carboxylic acids is 3. The van der Waals surface area contributed by atoms with Gasteiger partial charge in [0.25, 0.3) is 5.91 Å². The maximum Gasteiger partial charge on any atom is 0.262 e. The van der Waals surface area contributed by atoms with Crippen LogP contribution in [0, 0.1) is 17.8 Å². The van der Waals surface area contributed by atoms with Gasteiger partial charge in [-0.1, -0.05) is 19.9 Å². The summed E-state index contributed by atoms with van der Waals surface area (Å²) in [7, 11) is 0. The highest BCUT2D eigenvalue weighted by molar-refractivity contribution is 7.12. The number of amides is 3. The molecule has 1 saturated carbocycles. The number of likely N-dealkylation sites (tertiary alicyclic amines) is 1. The Morgan fingerprint density at radius 3 is 2.29 bits per heavy atom. The molecule has 3 amide bonds. The Hall–Kier alpha value is -1.89. The Labute approximate surface area is 171 Å². The third kappa shape index (κ3) is 5.13. The molecule has 2 N–H and O–H groups in total. The van der Waals surface area contributed by atoms with E-state index in [1.165, 1.54) is 11.3 Å². The highest BCUT2D eigenvalue weighted by atomic mass is 32.1. The number of hydrogen-bond acceptors (Lipinski definition) is 4. The molecule has 2 aliphatic rings. The fraction of sp³-hybridized carbons (Fsp3) is 0.667. The van der Waals surface area contributed by atoms with E-state index in [-0.39, 0.29) is 35.6 Å². The van der Waals surface area contributed by atoms with E-state index in [0.717, 1.165) is 25.7 Å². The topological polar surface area (TPSA) is 78.5 Å². The summed E-state index contributed by atoms with van der Waals surface area (Å²) in [4.78, 5) is 40.4. The van der Waals surface area contributed by atoms with Crippen LogP contribution in [0.2, 0.25) is 0 Å². The molecule has 0 aromatic carbocycles. The molecule has 6 nitrogen and oxygen atoms in total. The molecular formula is C21H31N3O3S. The first-order valence-corrected chi connectivity index (χ1v) is 11.2. The lowest BCUT2D eigenvalue weighted by Crippen LogP contribution is -2.55. The summed E-state index contributed by atoms with van der Waals surface area (Å²) < 4.78 is 0. The van der Waals surface area contributed by atoms with Crippen LogP contribution in [0.3, 0.4) is 0 Å². The lowest BCUT2D eigenvalue weighted by atomic mass is 9.88. The largest absolute Gasteiger partial charge is 0.352 e. The SMILES string of the molecule is CC(C)C(C)NC(=O)C(NC(=O)c1cccs1)C1CCN(C(=O)C2CC2)CC1. The molecule has 0 bridgehead atoms. The van der Waals surface area contributed by atoms with Gasteiger partial charge in [0, 0.05) is 25.0 Å². The van der Waals surface area contributed by atoms with Crippen LogP contribution in [0.25, 0.3) is 0 Å². The van der Waals surface area contributed by atoms with Crippen molar-refractivity contribution in [3.05, 3.63) is 22.4 Å². The van der Waals surface area contributed by atoms with Gasteiger partial charge in [0.1, 0.15) is 6.04 Å². The number of thiophene rings is 1. The van der Waals surface area contributed by atoms with Crippen molar-refractivity contribution >= 4 is 29.1 Å². The lowest BCUT2D eigenvalue weighted by molar-refractivity contribution is -0.134. The van der Waals surface area contributed by atoms with Crippen LogP contribution in [-0.4, -0.2) is 47.8 Å². The Morgan fingerprint density at radius 1 is 1.07 bits per heavy atom. The second-order valence-electron chi connectivity index (χ2n) is 8.41. The first-order chi connectivity index (χ1) is 13.4. The summed E-state index contributed by atoms with van der Waals surface area (Å²) in [5.41, 5.74) is 0. The molecule has 0 radical (unpaired) electrons. The van der Waals surface area contributed by atoms with Crippen molar-refractivity contribution in [3.8, 4) is 0 Å². The molecule has 28 heavy (non-hydrogen) atoms. The third-order valence-electron chi connectivity index (χ3n) is 5.93. The van der Waals surface area contributed by atoms with E-state index in [1.54, 1.807) is 6.07 Å². The zero-order valence-corrected chi connectivity index (χ0v) is 17.8. The van der Waals surface area contributed by atoms with Crippen molar-refractivity contribution in [1.29, 1.82) is 0 Å². The average Bonchev–Trinajstić information content (AvgIpc) is 3.38. The third-order valence-corrected chi connectivity index (χ3v) is 6.80. The summed E-state index contributed by atoms with van der Waals surface area (Å²) in [6.45, 7) is 7.44. The molecule has 1 saturated heterocycles. The Bertz CT molecular complexity index is 692. The Kier molecular flexibility index (Phi) is 6.75. The molecule has 7 heteroatoms. The Morgan fingerprint density at radius 2 is 1.75 bits per heavy atom. The second-order valence-corrected chi connectivity index (χ2v) is 9.35. The van der Waals surface area contributed by atoms with Gasteiger partial charge >= 0.3 is 0 Å². The molecule has 2 unspecified atom stereocenters. The van der Waals surface area contributed by atoms with Gasteiger partial charge < -0.3 is 15.5 Å².